The number of amides is 1. The van der Waals surface area contributed by atoms with E-state index in [2.05, 4.69) is 21.2 Å². The maximum Gasteiger partial charge on any atom is 0.339 e. The van der Waals surface area contributed by atoms with Crippen molar-refractivity contribution in [2.24, 2.45) is 0 Å². The van der Waals surface area contributed by atoms with Crippen molar-refractivity contribution >= 4 is 66.3 Å². The van der Waals surface area contributed by atoms with E-state index in [-0.39, 0.29) is 11.5 Å². The minimum Gasteiger partial charge on any atom is -0.478 e. The minimum atomic E-state index is -1.07. The van der Waals surface area contributed by atoms with Gasteiger partial charge in [-0.2, -0.15) is 0 Å². The normalized spacial score (nSPS) is 10.9. The predicted molar refractivity (Wildman–Crippen MR) is 114 cm³/mol. The average molecular weight is 458 g/mol. The first-order valence-corrected chi connectivity index (χ1v) is 10.4. The average Bonchev–Trinajstić information content (AvgIpc) is 3.26. The zero-order valence-electron chi connectivity index (χ0n) is 13.7. The standard InChI is InChI=1S/C20H12BrNO3S2/c21-13-7-5-11(6-8-13)18-17(20(24)25)14(10-26-18)22-19(23)16-9-12-3-1-2-4-15(12)27-16/h1-10H,(H,22,23)(H,24,25). The van der Waals surface area contributed by atoms with Gasteiger partial charge >= 0.3 is 5.97 Å². The second kappa shape index (κ2) is 7.26. The van der Waals surface area contributed by atoms with Gasteiger partial charge in [-0.3, -0.25) is 4.79 Å². The summed E-state index contributed by atoms with van der Waals surface area (Å²) in [5.74, 6) is -1.38. The van der Waals surface area contributed by atoms with E-state index in [1.165, 1.54) is 22.7 Å². The molecule has 2 heterocycles. The number of carbonyl (C=O) groups is 2. The summed E-state index contributed by atoms with van der Waals surface area (Å²) in [6.07, 6.45) is 0. The first-order valence-electron chi connectivity index (χ1n) is 7.93. The number of aromatic carboxylic acids is 1. The molecule has 0 saturated heterocycles. The molecule has 0 bridgehead atoms. The van der Waals surface area contributed by atoms with Crippen LogP contribution < -0.4 is 5.32 Å². The fourth-order valence-electron chi connectivity index (χ4n) is 2.75. The van der Waals surface area contributed by atoms with Crippen LogP contribution in [-0.4, -0.2) is 17.0 Å². The van der Waals surface area contributed by atoms with Crippen LogP contribution in [0.1, 0.15) is 20.0 Å². The summed E-state index contributed by atoms with van der Waals surface area (Å²) in [7, 11) is 0. The first kappa shape index (κ1) is 17.9. The number of nitrogens with one attached hydrogen (secondary N) is 1. The number of anilines is 1. The number of carboxylic acid groups (broad SMARTS) is 1. The van der Waals surface area contributed by atoms with E-state index >= 15 is 0 Å². The van der Waals surface area contributed by atoms with Crippen LogP contribution in [0.5, 0.6) is 0 Å². The number of hydrogen-bond donors (Lipinski definition) is 2. The molecule has 4 aromatic rings. The summed E-state index contributed by atoms with van der Waals surface area (Å²) in [4.78, 5) is 25.7. The van der Waals surface area contributed by atoms with E-state index in [9.17, 15) is 14.7 Å². The number of hydrogen-bond acceptors (Lipinski definition) is 4. The van der Waals surface area contributed by atoms with Gasteiger partial charge in [0.1, 0.15) is 5.56 Å². The molecule has 0 saturated carbocycles. The third-order valence-electron chi connectivity index (χ3n) is 4.01. The lowest BCUT2D eigenvalue weighted by atomic mass is 10.1. The summed E-state index contributed by atoms with van der Waals surface area (Å²) in [5.41, 5.74) is 1.22. The van der Waals surface area contributed by atoms with Gasteiger partial charge in [-0.15, -0.1) is 22.7 Å². The molecule has 4 rings (SSSR count). The van der Waals surface area contributed by atoms with Crippen LogP contribution in [0.15, 0.2) is 64.5 Å². The van der Waals surface area contributed by atoms with Gasteiger partial charge in [0.2, 0.25) is 0 Å². The van der Waals surface area contributed by atoms with Crippen LogP contribution in [0, 0.1) is 0 Å². The maximum absolute atomic E-state index is 12.7. The van der Waals surface area contributed by atoms with E-state index in [1.54, 1.807) is 5.38 Å². The molecule has 0 aliphatic carbocycles. The van der Waals surface area contributed by atoms with E-state index < -0.39 is 5.97 Å². The summed E-state index contributed by atoms with van der Waals surface area (Å²) in [6, 6.07) is 17.0. The number of benzene rings is 2. The molecule has 0 spiro atoms. The van der Waals surface area contributed by atoms with Crippen LogP contribution in [0.2, 0.25) is 0 Å². The molecular weight excluding hydrogens is 446 g/mol. The zero-order chi connectivity index (χ0) is 19.0. The smallest absolute Gasteiger partial charge is 0.339 e. The van der Waals surface area contributed by atoms with Gasteiger partial charge in [0.15, 0.2) is 0 Å². The molecule has 1 amide bonds. The Balaban J connectivity index is 1.68. The van der Waals surface area contributed by atoms with Crippen molar-refractivity contribution in [2.45, 2.75) is 0 Å². The number of carboxylic acids is 1. The third-order valence-corrected chi connectivity index (χ3v) is 6.68. The molecule has 2 aromatic carbocycles. The molecule has 4 nitrogen and oxygen atoms in total. The van der Waals surface area contributed by atoms with Crippen LogP contribution in [0.3, 0.4) is 0 Å². The van der Waals surface area contributed by atoms with Gasteiger partial charge in [-0.1, -0.05) is 46.3 Å². The van der Waals surface area contributed by atoms with Crippen LogP contribution in [0.25, 0.3) is 20.5 Å². The Hall–Kier alpha value is -2.48. The third kappa shape index (κ3) is 3.53. The Morgan fingerprint density at radius 3 is 2.48 bits per heavy atom. The topological polar surface area (TPSA) is 66.4 Å². The van der Waals surface area contributed by atoms with Crippen LogP contribution in [0.4, 0.5) is 5.69 Å². The molecular formula is C20H12BrNO3S2. The fourth-order valence-corrected chi connectivity index (χ4v) is 4.98. The van der Waals surface area contributed by atoms with Crippen molar-refractivity contribution in [1.29, 1.82) is 0 Å². The van der Waals surface area contributed by atoms with Crippen molar-refractivity contribution in [3.63, 3.8) is 0 Å². The second-order valence-electron chi connectivity index (χ2n) is 5.77. The monoisotopic (exact) mass is 457 g/mol. The Morgan fingerprint density at radius 2 is 1.78 bits per heavy atom. The maximum atomic E-state index is 12.7. The number of halogens is 1. The Bertz CT molecular complexity index is 1130. The zero-order valence-corrected chi connectivity index (χ0v) is 17.0. The Kier molecular flexibility index (Phi) is 4.82. The number of fused-ring (bicyclic) bond motifs is 1. The number of carbonyl (C=O) groups excluding carboxylic acids is 1. The van der Waals surface area contributed by atoms with Crippen molar-refractivity contribution in [2.75, 3.05) is 5.32 Å². The molecule has 27 heavy (non-hydrogen) atoms. The summed E-state index contributed by atoms with van der Waals surface area (Å²) in [6.45, 7) is 0. The van der Waals surface area contributed by atoms with Crippen LogP contribution >= 0.6 is 38.6 Å². The highest BCUT2D eigenvalue weighted by Gasteiger charge is 2.22. The largest absolute Gasteiger partial charge is 0.478 e. The highest BCUT2D eigenvalue weighted by atomic mass is 79.9. The lowest BCUT2D eigenvalue weighted by molar-refractivity contribution is 0.0699. The van der Waals surface area contributed by atoms with Gasteiger partial charge < -0.3 is 10.4 Å². The SMILES string of the molecule is O=C(Nc1csc(-c2ccc(Br)cc2)c1C(=O)O)c1cc2ccccc2s1. The molecule has 2 N–H and O–H groups in total. The highest BCUT2D eigenvalue weighted by molar-refractivity contribution is 9.10. The fraction of sp³-hybridized carbons (Fsp3) is 0. The first-order chi connectivity index (χ1) is 13.0. The molecule has 134 valence electrons. The predicted octanol–water partition coefficient (Wildman–Crippen LogP) is 6.34. The Labute approximate surface area is 171 Å². The molecule has 0 unspecified atom stereocenters. The summed E-state index contributed by atoms with van der Waals surface area (Å²) < 4.78 is 1.93. The van der Waals surface area contributed by atoms with Crippen molar-refractivity contribution in [1.82, 2.24) is 0 Å². The molecule has 0 aliphatic heterocycles. The lowest BCUT2D eigenvalue weighted by Crippen LogP contribution is -2.12. The summed E-state index contributed by atoms with van der Waals surface area (Å²) in [5, 5.41) is 15.1. The van der Waals surface area contributed by atoms with Crippen molar-refractivity contribution in [3.05, 3.63) is 74.9 Å². The number of thiophene rings is 2. The molecule has 0 fully saturated rings. The number of rotatable bonds is 4. The highest BCUT2D eigenvalue weighted by Crippen LogP contribution is 2.37. The second-order valence-corrected chi connectivity index (χ2v) is 8.65. The van der Waals surface area contributed by atoms with Crippen molar-refractivity contribution < 1.29 is 14.7 Å². The minimum absolute atomic E-state index is 0.108. The summed E-state index contributed by atoms with van der Waals surface area (Å²) >= 11 is 6.06. The molecule has 7 heteroatoms. The quantitative estimate of drug-likeness (QED) is 0.375. The van der Waals surface area contributed by atoms with Gasteiger partial charge in [0.05, 0.1) is 15.4 Å². The van der Waals surface area contributed by atoms with Crippen molar-refractivity contribution in [3.8, 4) is 10.4 Å². The Morgan fingerprint density at radius 1 is 1.04 bits per heavy atom. The molecule has 2 aromatic heterocycles. The van der Waals surface area contributed by atoms with E-state index in [0.29, 0.717) is 15.4 Å². The van der Waals surface area contributed by atoms with E-state index in [0.717, 1.165) is 20.1 Å². The van der Waals surface area contributed by atoms with Gasteiger partial charge in [0.25, 0.3) is 5.91 Å². The van der Waals surface area contributed by atoms with E-state index in [4.69, 9.17) is 0 Å². The molecule has 0 atom stereocenters. The molecule has 0 radical (unpaired) electrons. The lowest BCUT2D eigenvalue weighted by Gasteiger charge is -2.05. The molecule has 0 aliphatic rings. The van der Waals surface area contributed by atoms with Gasteiger partial charge in [-0.25, -0.2) is 4.79 Å². The van der Waals surface area contributed by atoms with Gasteiger partial charge in [-0.05, 0) is 35.2 Å². The van der Waals surface area contributed by atoms with E-state index in [1.807, 2.05) is 54.6 Å². The van der Waals surface area contributed by atoms with Crippen LogP contribution in [-0.2, 0) is 0 Å². The van der Waals surface area contributed by atoms with Gasteiger partial charge in [0, 0.05) is 14.6 Å².